The number of nitrogens with zero attached hydrogens (tertiary/aromatic N) is 2. The molecule has 0 saturated carbocycles. The Hall–Kier alpha value is -1.96. The van der Waals surface area contributed by atoms with Gasteiger partial charge in [0.2, 0.25) is 10.0 Å². The molecule has 0 N–H and O–H groups in total. The molecule has 0 amide bonds. The lowest BCUT2D eigenvalue weighted by Gasteiger charge is -2.34. The van der Waals surface area contributed by atoms with Crippen molar-refractivity contribution in [2.75, 3.05) is 33.3 Å². The lowest BCUT2D eigenvalue weighted by molar-refractivity contribution is 0.181. The van der Waals surface area contributed by atoms with Crippen molar-refractivity contribution in [3.8, 4) is 5.75 Å². The molecule has 0 spiro atoms. The number of benzene rings is 2. The van der Waals surface area contributed by atoms with Crippen molar-refractivity contribution in [2.24, 2.45) is 0 Å². The van der Waals surface area contributed by atoms with E-state index in [4.69, 9.17) is 4.74 Å². The summed E-state index contributed by atoms with van der Waals surface area (Å²) in [6, 6.07) is 12.5. The molecule has 0 aromatic heterocycles. The number of piperazine rings is 1. The van der Waals surface area contributed by atoms with E-state index in [2.05, 4.69) is 4.90 Å². The van der Waals surface area contributed by atoms with Gasteiger partial charge >= 0.3 is 0 Å². The molecule has 0 aliphatic carbocycles. The highest BCUT2D eigenvalue weighted by Crippen LogP contribution is 2.20. The van der Waals surface area contributed by atoms with E-state index >= 15 is 0 Å². The van der Waals surface area contributed by atoms with Crippen molar-refractivity contribution >= 4 is 10.0 Å². The Kier molecular flexibility index (Phi) is 6.14. The van der Waals surface area contributed by atoms with E-state index in [1.54, 1.807) is 10.4 Å². The van der Waals surface area contributed by atoms with E-state index < -0.39 is 10.0 Å². The van der Waals surface area contributed by atoms with E-state index in [0.717, 1.165) is 16.7 Å². The quantitative estimate of drug-likeness (QED) is 0.759. The summed E-state index contributed by atoms with van der Waals surface area (Å²) in [6.07, 6.45) is 0. The Balaban J connectivity index is 1.57. The molecule has 1 saturated heterocycles. The molecule has 2 aromatic rings. The molecule has 5 nitrogen and oxygen atoms in total. The van der Waals surface area contributed by atoms with E-state index in [1.165, 1.54) is 13.2 Å². The topological polar surface area (TPSA) is 49.9 Å². The van der Waals surface area contributed by atoms with E-state index in [-0.39, 0.29) is 17.3 Å². The number of rotatable bonds is 6. The summed E-state index contributed by atoms with van der Waals surface area (Å²) in [6.45, 7) is 4.70. The molecule has 0 atom stereocenters. The van der Waals surface area contributed by atoms with Crippen LogP contribution in [0.5, 0.6) is 5.75 Å². The minimum atomic E-state index is -3.34. The van der Waals surface area contributed by atoms with Crippen LogP contribution in [0.15, 0.2) is 42.5 Å². The van der Waals surface area contributed by atoms with Crippen molar-refractivity contribution in [3.05, 3.63) is 65.0 Å². The molecule has 146 valence electrons. The second kappa shape index (κ2) is 8.37. The maximum atomic E-state index is 13.8. The molecule has 1 fully saturated rings. The van der Waals surface area contributed by atoms with Gasteiger partial charge in [0.05, 0.1) is 12.9 Å². The fourth-order valence-electron chi connectivity index (χ4n) is 3.34. The SMILES string of the molecule is COc1ccc(CN2CCN(S(=O)(=O)Cc3cccc(C)c3)CC2)cc1F. The van der Waals surface area contributed by atoms with Gasteiger partial charge in [0.15, 0.2) is 11.6 Å². The number of hydrogen-bond donors (Lipinski definition) is 0. The lowest BCUT2D eigenvalue weighted by Crippen LogP contribution is -2.48. The zero-order chi connectivity index (χ0) is 19.4. The second-order valence-electron chi connectivity index (χ2n) is 6.89. The van der Waals surface area contributed by atoms with Crippen molar-refractivity contribution in [3.63, 3.8) is 0 Å². The summed E-state index contributed by atoms with van der Waals surface area (Å²) in [5.74, 6) is -0.126. The molecule has 1 heterocycles. The molecule has 2 aromatic carbocycles. The van der Waals surface area contributed by atoms with Gasteiger partial charge in [-0.2, -0.15) is 4.31 Å². The van der Waals surface area contributed by atoms with Crippen LogP contribution in [0.2, 0.25) is 0 Å². The number of methoxy groups -OCH3 is 1. The molecule has 3 rings (SSSR count). The smallest absolute Gasteiger partial charge is 0.218 e. The summed E-state index contributed by atoms with van der Waals surface area (Å²) < 4.78 is 45.7. The highest BCUT2D eigenvalue weighted by atomic mass is 32.2. The van der Waals surface area contributed by atoms with Gasteiger partial charge in [-0.15, -0.1) is 0 Å². The number of aryl methyl sites for hydroxylation is 1. The highest BCUT2D eigenvalue weighted by molar-refractivity contribution is 7.88. The Morgan fingerprint density at radius 1 is 1.04 bits per heavy atom. The zero-order valence-electron chi connectivity index (χ0n) is 15.7. The molecule has 1 aliphatic heterocycles. The summed E-state index contributed by atoms with van der Waals surface area (Å²) >= 11 is 0. The van der Waals surface area contributed by atoms with Gasteiger partial charge < -0.3 is 4.74 Å². The van der Waals surface area contributed by atoms with E-state index in [1.807, 2.05) is 37.3 Å². The summed E-state index contributed by atoms with van der Waals surface area (Å²) in [5, 5.41) is 0. The second-order valence-corrected chi connectivity index (χ2v) is 8.86. The lowest BCUT2D eigenvalue weighted by atomic mass is 10.2. The maximum Gasteiger partial charge on any atom is 0.218 e. The molecule has 0 unspecified atom stereocenters. The van der Waals surface area contributed by atoms with Crippen LogP contribution < -0.4 is 4.74 Å². The molecular weight excluding hydrogens is 367 g/mol. The largest absolute Gasteiger partial charge is 0.494 e. The van der Waals surface area contributed by atoms with Crippen LogP contribution in [0.3, 0.4) is 0 Å². The van der Waals surface area contributed by atoms with Crippen molar-refractivity contribution in [1.29, 1.82) is 0 Å². The number of ether oxygens (including phenoxy) is 1. The van der Waals surface area contributed by atoms with E-state index in [0.29, 0.717) is 32.7 Å². The summed E-state index contributed by atoms with van der Waals surface area (Å²) in [7, 11) is -1.90. The van der Waals surface area contributed by atoms with Crippen LogP contribution in [0.1, 0.15) is 16.7 Å². The predicted octanol–water partition coefficient (Wildman–Crippen LogP) is 2.79. The fourth-order valence-corrected chi connectivity index (χ4v) is 4.84. The third kappa shape index (κ3) is 5.06. The molecule has 7 heteroatoms. The van der Waals surface area contributed by atoms with Crippen molar-refractivity contribution in [1.82, 2.24) is 9.21 Å². The average molecular weight is 392 g/mol. The summed E-state index contributed by atoms with van der Waals surface area (Å²) in [5.41, 5.74) is 2.72. The zero-order valence-corrected chi connectivity index (χ0v) is 16.5. The van der Waals surface area contributed by atoms with Crippen LogP contribution in [0, 0.1) is 12.7 Å². The van der Waals surface area contributed by atoms with Crippen molar-refractivity contribution in [2.45, 2.75) is 19.2 Å². The number of halogens is 1. The number of hydrogen-bond acceptors (Lipinski definition) is 4. The standard InChI is InChI=1S/C20H25FN2O3S/c1-16-4-3-5-18(12-16)15-27(24,25)23-10-8-22(9-11-23)14-17-6-7-20(26-2)19(21)13-17/h3-7,12-13H,8-11,14-15H2,1-2H3. The Bertz CT molecular complexity index is 894. The van der Waals surface area contributed by atoms with Gasteiger partial charge in [-0.05, 0) is 30.2 Å². The fraction of sp³-hybridized carbons (Fsp3) is 0.400. The van der Waals surface area contributed by atoms with Gasteiger partial charge in [0.1, 0.15) is 0 Å². The van der Waals surface area contributed by atoms with Crippen molar-refractivity contribution < 1.29 is 17.5 Å². The third-order valence-electron chi connectivity index (χ3n) is 4.78. The first-order valence-corrected chi connectivity index (χ1v) is 10.6. The van der Waals surface area contributed by atoms with Crippen LogP contribution in [0.4, 0.5) is 4.39 Å². The molecule has 1 aliphatic rings. The molecule has 27 heavy (non-hydrogen) atoms. The minimum absolute atomic E-state index is 0.0262. The van der Waals surface area contributed by atoms with Gasteiger partial charge in [-0.3, -0.25) is 4.90 Å². The van der Waals surface area contributed by atoms with Gasteiger partial charge in [-0.1, -0.05) is 35.9 Å². The first kappa shape index (κ1) is 19.8. The predicted molar refractivity (Wildman–Crippen MR) is 104 cm³/mol. The Morgan fingerprint density at radius 2 is 1.78 bits per heavy atom. The van der Waals surface area contributed by atoms with Crippen LogP contribution in [-0.2, 0) is 22.3 Å². The Morgan fingerprint density at radius 3 is 2.41 bits per heavy atom. The van der Waals surface area contributed by atoms with Gasteiger partial charge in [0, 0.05) is 32.7 Å². The number of sulfonamides is 1. The van der Waals surface area contributed by atoms with Crippen LogP contribution >= 0.6 is 0 Å². The third-order valence-corrected chi connectivity index (χ3v) is 6.63. The Labute approximate surface area is 160 Å². The maximum absolute atomic E-state index is 13.8. The average Bonchev–Trinajstić information content (AvgIpc) is 2.62. The molecular formula is C20H25FN2O3S. The molecule has 0 bridgehead atoms. The van der Waals surface area contributed by atoms with Gasteiger partial charge in [-0.25, -0.2) is 12.8 Å². The monoisotopic (exact) mass is 392 g/mol. The first-order valence-electron chi connectivity index (χ1n) is 8.95. The summed E-state index contributed by atoms with van der Waals surface area (Å²) in [4.78, 5) is 2.14. The van der Waals surface area contributed by atoms with Crippen LogP contribution in [0.25, 0.3) is 0 Å². The van der Waals surface area contributed by atoms with Gasteiger partial charge in [0.25, 0.3) is 0 Å². The first-order chi connectivity index (χ1) is 12.9. The normalized spacial score (nSPS) is 16.4. The highest BCUT2D eigenvalue weighted by Gasteiger charge is 2.27. The van der Waals surface area contributed by atoms with E-state index in [9.17, 15) is 12.8 Å². The van der Waals surface area contributed by atoms with Crippen LogP contribution in [-0.4, -0.2) is 50.9 Å². The molecule has 0 radical (unpaired) electrons. The minimum Gasteiger partial charge on any atom is -0.494 e.